The smallest absolute Gasteiger partial charge is 0.212 e. The highest BCUT2D eigenvalue weighted by atomic mass is 32.1. The maximum absolute atomic E-state index is 14.0. The Morgan fingerprint density at radius 2 is 1.91 bits per heavy atom. The van der Waals surface area contributed by atoms with E-state index in [1.165, 1.54) is 25.2 Å². The van der Waals surface area contributed by atoms with Gasteiger partial charge in [0.25, 0.3) is 0 Å². The Morgan fingerprint density at radius 3 is 2.62 bits per heavy atom. The number of phenols is 2. The molecule has 1 aliphatic carbocycles. The van der Waals surface area contributed by atoms with Crippen molar-refractivity contribution in [1.82, 2.24) is 14.8 Å². The first-order valence-corrected chi connectivity index (χ1v) is 11.5. The number of allylic oxidation sites excluding steroid dienone is 1. The first kappa shape index (κ1) is 20.6. The van der Waals surface area contributed by atoms with Crippen LogP contribution in [0, 0.1) is 13.8 Å². The predicted octanol–water partition coefficient (Wildman–Crippen LogP) is 4.60. The molecule has 0 radical (unpaired) electrons. The highest BCUT2D eigenvalue weighted by molar-refractivity contribution is 7.20. The van der Waals surface area contributed by atoms with Crippen LogP contribution in [0.1, 0.15) is 57.1 Å². The number of carbonyl (C=O) groups is 2. The lowest BCUT2D eigenvalue weighted by Gasteiger charge is -2.27. The topological polar surface area (TPSA) is 115 Å². The number of fused-ring (bicyclic) bond motifs is 5. The van der Waals surface area contributed by atoms with Gasteiger partial charge < -0.3 is 14.9 Å². The lowest BCUT2D eigenvalue weighted by Crippen LogP contribution is -2.36. The van der Waals surface area contributed by atoms with Crippen LogP contribution in [-0.2, 0) is 5.41 Å². The van der Waals surface area contributed by atoms with Crippen molar-refractivity contribution in [3.8, 4) is 22.4 Å². The summed E-state index contributed by atoms with van der Waals surface area (Å²) in [6.07, 6.45) is 1.71. The molecule has 0 amide bonds. The number of ether oxygens (including phenoxy) is 1. The first-order valence-electron chi connectivity index (χ1n) is 10.6. The number of aromatic hydroxyl groups is 2. The molecule has 34 heavy (non-hydrogen) atoms. The third-order valence-corrected chi connectivity index (χ3v) is 7.72. The Morgan fingerprint density at radius 1 is 1.18 bits per heavy atom. The summed E-state index contributed by atoms with van der Waals surface area (Å²) in [4.78, 5) is 31.0. The quantitative estimate of drug-likeness (QED) is 0.409. The molecule has 0 spiro atoms. The molecule has 0 saturated carbocycles. The van der Waals surface area contributed by atoms with E-state index in [2.05, 4.69) is 10.1 Å². The van der Waals surface area contributed by atoms with Crippen molar-refractivity contribution >= 4 is 39.2 Å². The molecule has 4 aromatic rings. The highest BCUT2D eigenvalue weighted by Crippen LogP contribution is 2.58. The molecular weight excluding hydrogens is 454 g/mol. The van der Waals surface area contributed by atoms with Gasteiger partial charge in [-0.2, -0.15) is 5.10 Å². The molecule has 1 aliphatic heterocycles. The molecule has 2 aromatic carbocycles. The van der Waals surface area contributed by atoms with Crippen LogP contribution >= 0.6 is 11.3 Å². The third-order valence-electron chi connectivity index (χ3n) is 6.70. The normalized spacial score (nSPS) is 18.4. The highest BCUT2D eigenvalue weighted by Gasteiger charge is 2.55. The number of para-hydroxylation sites is 1. The summed E-state index contributed by atoms with van der Waals surface area (Å²) >= 11 is 1.45. The van der Waals surface area contributed by atoms with Gasteiger partial charge in [0, 0.05) is 11.6 Å². The lowest BCUT2D eigenvalue weighted by molar-refractivity contribution is 0.0905. The summed E-state index contributed by atoms with van der Waals surface area (Å²) in [6, 6.07) is 7.73. The zero-order valence-corrected chi connectivity index (χ0v) is 19.6. The molecule has 1 atom stereocenters. The number of phenolic OH excluding ortho intramolecular Hbond substituents is 2. The van der Waals surface area contributed by atoms with Gasteiger partial charge in [-0.3, -0.25) is 9.59 Å². The van der Waals surface area contributed by atoms with Crippen LogP contribution in [0.25, 0.3) is 21.4 Å². The lowest BCUT2D eigenvalue weighted by atomic mass is 9.71. The minimum absolute atomic E-state index is 0.0116. The van der Waals surface area contributed by atoms with Crippen LogP contribution in [-0.4, -0.2) is 36.5 Å². The summed E-state index contributed by atoms with van der Waals surface area (Å²) in [5.41, 5.74) is 1.15. The van der Waals surface area contributed by atoms with Gasteiger partial charge in [0.2, 0.25) is 5.13 Å². The number of nitrogens with zero attached hydrogens (tertiary/aromatic N) is 3. The number of aromatic nitrogens is 3. The zero-order valence-electron chi connectivity index (χ0n) is 18.8. The number of benzene rings is 2. The van der Waals surface area contributed by atoms with E-state index >= 15 is 0 Å². The first-order chi connectivity index (χ1) is 16.1. The second-order valence-corrected chi connectivity index (χ2v) is 9.75. The van der Waals surface area contributed by atoms with E-state index in [9.17, 15) is 19.8 Å². The Labute approximate surface area is 197 Å². The van der Waals surface area contributed by atoms with Crippen LogP contribution < -0.4 is 4.74 Å². The molecule has 9 heteroatoms. The molecule has 6 rings (SSSR count). The summed E-state index contributed by atoms with van der Waals surface area (Å²) < 4.78 is 8.67. The van der Waals surface area contributed by atoms with Gasteiger partial charge in [-0.25, -0.2) is 9.67 Å². The van der Waals surface area contributed by atoms with Gasteiger partial charge >= 0.3 is 0 Å². The van der Waals surface area contributed by atoms with Crippen molar-refractivity contribution in [3.63, 3.8) is 0 Å². The number of hydrogen-bond donors (Lipinski definition) is 2. The van der Waals surface area contributed by atoms with Gasteiger partial charge in [0.05, 0.1) is 32.7 Å². The van der Waals surface area contributed by atoms with Crippen molar-refractivity contribution in [2.75, 3.05) is 0 Å². The minimum Gasteiger partial charge on any atom is -0.507 e. The molecule has 1 unspecified atom stereocenters. The predicted molar refractivity (Wildman–Crippen MR) is 126 cm³/mol. The molecule has 3 heterocycles. The van der Waals surface area contributed by atoms with Crippen LogP contribution in [0.15, 0.2) is 30.0 Å². The Balaban J connectivity index is 1.62. The number of hydrogen-bond acceptors (Lipinski definition) is 8. The molecule has 8 nitrogen and oxygen atoms in total. The summed E-state index contributed by atoms with van der Waals surface area (Å²) in [5, 5.41) is 26.7. The van der Waals surface area contributed by atoms with E-state index in [-0.39, 0.29) is 45.5 Å². The molecule has 170 valence electrons. The largest absolute Gasteiger partial charge is 0.507 e. The standard InChI is InChI=1S/C25H19N3O5S/c1-10-20(30)18(12(3)29)22-19(21(10)31)25(4)16(33-22)9-14-17(23(25)32)11(2)27-28(14)24-26-13-7-5-6-8-15(13)34-24/h5-9,30-31H,1-4H3. The van der Waals surface area contributed by atoms with Crippen LogP contribution in [0.2, 0.25) is 0 Å². The van der Waals surface area contributed by atoms with Crippen molar-refractivity contribution < 1.29 is 24.5 Å². The number of carbonyl (C=O) groups excluding carboxylic acids is 2. The van der Waals surface area contributed by atoms with E-state index < -0.39 is 11.2 Å². The van der Waals surface area contributed by atoms with Crippen molar-refractivity contribution in [2.24, 2.45) is 0 Å². The number of rotatable bonds is 2. The number of ketones is 2. The van der Waals surface area contributed by atoms with Crippen LogP contribution in [0.3, 0.4) is 0 Å². The molecular formula is C25H19N3O5S. The van der Waals surface area contributed by atoms with E-state index in [0.29, 0.717) is 22.1 Å². The maximum atomic E-state index is 14.0. The van der Waals surface area contributed by atoms with E-state index in [4.69, 9.17) is 4.74 Å². The van der Waals surface area contributed by atoms with Crippen molar-refractivity contribution in [2.45, 2.75) is 33.1 Å². The number of thiazole rings is 1. The maximum Gasteiger partial charge on any atom is 0.212 e. The van der Waals surface area contributed by atoms with Gasteiger partial charge in [-0.1, -0.05) is 23.5 Å². The second kappa shape index (κ2) is 6.54. The van der Waals surface area contributed by atoms with Crippen LogP contribution in [0.5, 0.6) is 17.2 Å². The third kappa shape index (κ3) is 2.36. The molecule has 2 aliphatic rings. The average molecular weight is 474 g/mol. The molecule has 2 aromatic heterocycles. The average Bonchev–Trinajstić information content (AvgIpc) is 3.44. The number of Topliss-reactive ketones (excluding diaryl/α,β-unsaturated/α-hetero) is 2. The van der Waals surface area contributed by atoms with Gasteiger partial charge in [0.15, 0.2) is 11.6 Å². The van der Waals surface area contributed by atoms with E-state index in [1.54, 1.807) is 24.6 Å². The van der Waals surface area contributed by atoms with E-state index in [1.807, 2.05) is 24.3 Å². The second-order valence-electron chi connectivity index (χ2n) is 8.74. The SMILES string of the molecule is CC(=O)c1c(O)c(C)c(O)c2c1OC1=Cc3c(c(C)nn3-c3nc4ccccc4s3)C(=O)C12C. The Hall–Kier alpha value is -3.98. The molecule has 0 saturated heterocycles. The molecule has 0 bridgehead atoms. The fourth-order valence-electron chi connectivity index (χ4n) is 4.88. The van der Waals surface area contributed by atoms with Crippen molar-refractivity contribution in [1.29, 1.82) is 0 Å². The number of aryl methyl sites for hydroxylation is 1. The summed E-state index contributed by atoms with van der Waals surface area (Å²) in [7, 11) is 0. The fraction of sp³-hybridized carbons (Fsp3) is 0.200. The Bertz CT molecular complexity index is 1610. The molecule has 2 N–H and O–H groups in total. The summed E-state index contributed by atoms with van der Waals surface area (Å²) in [5.74, 6) is -1.09. The van der Waals surface area contributed by atoms with Crippen LogP contribution in [0.4, 0.5) is 0 Å². The van der Waals surface area contributed by atoms with Crippen molar-refractivity contribution in [3.05, 3.63) is 63.7 Å². The van der Waals surface area contributed by atoms with E-state index in [0.717, 1.165) is 10.2 Å². The minimum atomic E-state index is -1.37. The van der Waals surface area contributed by atoms with Gasteiger partial charge in [-0.05, 0) is 39.8 Å². The van der Waals surface area contributed by atoms with Gasteiger partial charge in [-0.15, -0.1) is 0 Å². The molecule has 0 fully saturated rings. The van der Waals surface area contributed by atoms with Gasteiger partial charge in [0.1, 0.15) is 34.0 Å². The Kier molecular flexibility index (Phi) is 3.97. The fourth-order valence-corrected chi connectivity index (χ4v) is 5.82. The zero-order chi connectivity index (χ0) is 24.1. The summed E-state index contributed by atoms with van der Waals surface area (Å²) in [6.45, 7) is 6.21. The monoisotopic (exact) mass is 473 g/mol.